The third-order valence-corrected chi connectivity index (χ3v) is 6.16. The fourth-order valence-electron chi connectivity index (χ4n) is 4.14. The number of nitrogens with zero attached hydrogens (tertiary/aromatic N) is 4. The largest absolute Gasteiger partial charge is 0.488 e. The van der Waals surface area contributed by atoms with Crippen LogP contribution in [0.15, 0.2) is 91.3 Å². The molecule has 0 aliphatic carbocycles. The Bertz CT molecular complexity index is 1730. The second-order valence-electron chi connectivity index (χ2n) is 8.92. The van der Waals surface area contributed by atoms with Crippen LogP contribution in [0.4, 0.5) is 26.3 Å². The van der Waals surface area contributed by atoms with E-state index in [4.69, 9.17) is 4.74 Å². The lowest BCUT2D eigenvalue weighted by Crippen LogP contribution is -2.18. The molecule has 5 rings (SSSR count). The van der Waals surface area contributed by atoms with Crippen molar-refractivity contribution in [3.63, 3.8) is 0 Å². The van der Waals surface area contributed by atoms with Gasteiger partial charge in [-0.15, -0.1) is 0 Å². The van der Waals surface area contributed by atoms with Gasteiger partial charge in [-0.25, -0.2) is 14.8 Å². The van der Waals surface area contributed by atoms with E-state index in [1.165, 1.54) is 24.4 Å². The Kier molecular flexibility index (Phi) is 7.42. The van der Waals surface area contributed by atoms with Gasteiger partial charge in [0.15, 0.2) is 5.69 Å². The first-order valence-corrected chi connectivity index (χ1v) is 12.1. The summed E-state index contributed by atoms with van der Waals surface area (Å²) in [6.45, 7) is 0.0988. The molecule has 0 spiro atoms. The number of aromatic nitrogens is 4. The van der Waals surface area contributed by atoms with E-state index in [-0.39, 0.29) is 12.3 Å². The second-order valence-corrected chi connectivity index (χ2v) is 8.92. The van der Waals surface area contributed by atoms with E-state index in [1.807, 2.05) is 0 Å². The Morgan fingerprint density at radius 1 is 0.833 bits per heavy atom. The first-order valence-electron chi connectivity index (χ1n) is 12.1. The predicted octanol–water partition coefficient (Wildman–Crippen LogP) is 7.31. The molecule has 42 heavy (non-hydrogen) atoms. The van der Waals surface area contributed by atoms with Gasteiger partial charge < -0.3 is 9.84 Å². The van der Waals surface area contributed by atoms with E-state index in [2.05, 4.69) is 15.1 Å². The van der Waals surface area contributed by atoms with Crippen LogP contribution in [0.3, 0.4) is 0 Å². The number of carbonyl (C=O) groups is 1. The van der Waals surface area contributed by atoms with Crippen LogP contribution in [0.25, 0.3) is 28.3 Å². The number of halogens is 6. The second kappa shape index (κ2) is 11.0. The summed E-state index contributed by atoms with van der Waals surface area (Å²) in [6.07, 6.45) is -7.65. The average molecular weight is 584 g/mol. The number of hydrogen-bond acceptors (Lipinski definition) is 5. The van der Waals surface area contributed by atoms with Gasteiger partial charge in [0.25, 0.3) is 5.95 Å². The monoisotopic (exact) mass is 584 g/mol. The number of rotatable bonds is 7. The fraction of sp³-hybridized carbons (Fsp3) is 0.103. The van der Waals surface area contributed by atoms with Crippen LogP contribution in [-0.2, 0) is 19.0 Å². The Morgan fingerprint density at radius 2 is 1.48 bits per heavy atom. The highest BCUT2D eigenvalue weighted by atomic mass is 19.4. The van der Waals surface area contributed by atoms with Crippen molar-refractivity contribution in [3.05, 3.63) is 114 Å². The number of hydrogen-bond donors (Lipinski definition) is 1. The summed E-state index contributed by atoms with van der Waals surface area (Å²) in [4.78, 5) is 19.4. The van der Waals surface area contributed by atoms with Gasteiger partial charge in [-0.1, -0.05) is 48.5 Å². The number of benzene rings is 3. The van der Waals surface area contributed by atoms with Crippen molar-refractivity contribution in [2.24, 2.45) is 0 Å². The molecule has 0 fully saturated rings. The van der Waals surface area contributed by atoms with E-state index in [1.54, 1.807) is 48.5 Å². The van der Waals surface area contributed by atoms with Gasteiger partial charge in [-0.2, -0.15) is 36.1 Å². The van der Waals surface area contributed by atoms with Crippen LogP contribution in [-0.4, -0.2) is 30.8 Å². The molecule has 3 aromatic carbocycles. The zero-order valence-corrected chi connectivity index (χ0v) is 21.2. The Labute approximate surface area is 233 Å². The van der Waals surface area contributed by atoms with E-state index in [0.717, 1.165) is 17.7 Å². The number of carboxylic acids is 1. The van der Waals surface area contributed by atoms with Crippen molar-refractivity contribution >= 4 is 5.97 Å². The third-order valence-electron chi connectivity index (χ3n) is 6.16. The number of alkyl halides is 6. The average Bonchev–Trinajstić information content (AvgIpc) is 3.43. The first-order chi connectivity index (χ1) is 19.9. The zero-order chi connectivity index (χ0) is 30.1. The minimum atomic E-state index is -5.04. The number of para-hydroxylation sites is 1. The van der Waals surface area contributed by atoms with Crippen molar-refractivity contribution in [1.29, 1.82) is 0 Å². The van der Waals surface area contributed by atoms with Gasteiger partial charge in [0, 0.05) is 11.8 Å². The highest BCUT2D eigenvalue weighted by Crippen LogP contribution is 2.35. The van der Waals surface area contributed by atoms with Gasteiger partial charge in [0.05, 0.1) is 17.5 Å². The van der Waals surface area contributed by atoms with E-state index < -0.39 is 41.1 Å². The molecule has 0 aliphatic heterocycles. The maximum atomic E-state index is 13.7. The summed E-state index contributed by atoms with van der Waals surface area (Å²) in [6, 6.07) is 20.0. The van der Waals surface area contributed by atoms with Crippen molar-refractivity contribution in [3.8, 4) is 34.1 Å². The summed E-state index contributed by atoms with van der Waals surface area (Å²) in [5.74, 6) is -1.92. The van der Waals surface area contributed by atoms with Gasteiger partial charge in [-0.3, -0.25) is 0 Å². The predicted molar refractivity (Wildman–Crippen MR) is 138 cm³/mol. The standard InChI is InChI=1S/C29H18F6N4O3/c30-28(31,32)20-11-9-19(10-12-20)18-7-5-17(6-8-18)16-42-24-4-2-1-3-21(24)23-13-14-36-27(38-23)39-25(29(33,34)35)22(15-37-39)26(40)41/h1-15H,16H2,(H,40,41). The molecule has 2 heterocycles. The zero-order valence-electron chi connectivity index (χ0n) is 21.2. The molecular weight excluding hydrogens is 566 g/mol. The Hall–Kier alpha value is -5.20. The van der Waals surface area contributed by atoms with Crippen LogP contribution in [0.1, 0.15) is 27.2 Å². The maximum absolute atomic E-state index is 13.7. The molecule has 0 aliphatic rings. The van der Waals surface area contributed by atoms with E-state index >= 15 is 0 Å². The topological polar surface area (TPSA) is 90.1 Å². The molecule has 0 saturated heterocycles. The number of carboxylic acid groups (broad SMARTS) is 1. The van der Waals surface area contributed by atoms with Gasteiger partial charge in [-0.05, 0) is 47.0 Å². The smallest absolute Gasteiger partial charge is 0.434 e. The summed E-state index contributed by atoms with van der Waals surface area (Å²) in [7, 11) is 0. The van der Waals surface area contributed by atoms with Gasteiger partial charge >= 0.3 is 18.3 Å². The molecule has 1 N–H and O–H groups in total. The van der Waals surface area contributed by atoms with Crippen molar-refractivity contribution in [2.45, 2.75) is 19.0 Å². The summed E-state index contributed by atoms with van der Waals surface area (Å²) < 4.78 is 85.8. The van der Waals surface area contributed by atoms with Crippen LogP contribution >= 0.6 is 0 Å². The Balaban J connectivity index is 1.36. The molecule has 0 radical (unpaired) electrons. The Morgan fingerprint density at radius 3 is 2.10 bits per heavy atom. The lowest BCUT2D eigenvalue weighted by Gasteiger charge is -2.13. The van der Waals surface area contributed by atoms with Crippen molar-refractivity contribution in [1.82, 2.24) is 19.7 Å². The molecule has 0 atom stereocenters. The van der Waals surface area contributed by atoms with E-state index in [9.17, 15) is 36.2 Å². The summed E-state index contributed by atoms with van der Waals surface area (Å²) >= 11 is 0. The molecule has 214 valence electrons. The summed E-state index contributed by atoms with van der Waals surface area (Å²) in [5, 5.41) is 12.7. The molecule has 7 nitrogen and oxygen atoms in total. The lowest BCUT2D eigenvalue weighted by molar-refractivity contribution is -0.143. The van der Waals surface area contributed by atoms with Crippen LogP contribution in [0, 0.1) is 0 Å². The lowest BCUT2D eigenvalue weighted by atomic mass is 10.0. The fourth-order valence-corrected chi connectivity index (χ4v) is 4.14. The molecule has 5 aromatic rings. The quantitative estimate of drug-likeness (QED) is 0.202. The minimum Gasteiger partial charge on any atom is -0.488 e. The maximum Gasteiger partial charge on any atom is 0.434 e. The number of aromatic carboxylic acids is 1. The minimum absolute atomic E-state index is 0.0988. The van der Waals surface area contributed by atoms with Gasteiger partial charge in [0.1, 0.15) is 17.9 Å². The van der Waals surface area contributed by atoms with Crippen molar-refractivity contribution < 1.29 is 41.0 Å². The molecule has 0 unspecified atom stereocenters. The number of ether oxygens (including phenoxy) is 1. The summed E-state index contributed by atoms with van der Waals surface area (Å²) in [5.41, 5.74) is -0.583. The van der Waals surface area contributed by atoms with Crippen molar-refractivity contribution in [2.75, 3.05) is 0 Å². The SMILES string of the molecule is O=C(O)c1cnn(-c2nccc(-c3ccccc3OCc3ccc(-c4ccc(C(F)(F)F)cc4)cc3)n2)c1C(F)(F)F. The molecule has 0 amide bonds. The highest BCUT2D eigenvalue weighted by molar-refractivity contribution is 5.89. The third kappa shape index (κ3) is 5.94. The normalized spacial score (nSPS) is 11.9. The van der Waals surface area contributed by atoms with Crippen LogP contribution in [0.2, 0.25) is 0 Å². The molecule has 0 bridgehead atoms. The van der Waals surface area contributed by atoms with Crippen LogP contribution in [0.5, 0.6) is 5.75 Å². The molecule has 0 saturated carbocycles. The molecular formula is C29H18F6N4O3. The molecule has 13 heteroatoms. The molecule has 2 aromatic heterocycles. The van der Waals surface area contributed by atoms with Crippen LogP contribution < -0.4 is 4.74 Å². The van der Waals surface area contributed by atoms with E-state index in [0.29, 0.717) is 33.3 Å². The first kappa shape index (κ1) is 28.3. The van der Waals surface area contributed by atoms with Gasteiger partial charge in [0.2, 0.25) is 0 Å². The highest BCUT2D eigenvalue weighted by Gasteiger charge is 2.41.